The number of nitrogens with one attached hydrogen (secondary N) is 2. The Morgan fingerprint density at radius 2 is 2.31 bits per heavy atom. The lowest BCUT2D eigenvalue weighted by Gasteiger charge is -2.22. The third kappa shape index (κ3) is 4.02. The summed E-state index contributed by atoms with van der Waals surface area (Å²) in [6.07, 6.45) is 1.60. The number of ether oxygens (including phenoxy) is 1. The smallest absolute Gasteiger partial charge is 0.266 e. The Hall–Kier alpha value is -1.36. The second-order valence-corrected chi connectivity index (χ2v) is 3.99. The molecular weight excluding hydrogens is 206 g/mol. The second-order valence-electron chi connectivity index (χ2n) is 3.99. The van der Waals surface area contributed by atoms with Crippen LogP contribution in [0.4, 0.5) is 5.69 Å². The second kappa shape index (κ2) is 6.27. The Labute approximate surface area is 95.2 Å². The van der Waals surface area contributed by atoms with E-state index in [0.29, 0.717) is 19.1 Å². The zero-order chi connectivity index (χ0) is 12.0. The Bertz CT molecular complexity index is 362. The van der Waals surface area contributed by atoms with E-state index in [9.17, 15) is 4.79 Å². The lowest BCUT2D eigenvalue weighted by atomic mass is 10.1. The summed E-state index contributed by atoms with van der Waals surface area (Å²) in [7, 11) is 0. The fraction of sp³-hybridized carbons (Fsp3) is 0.636. The first-order valence-electron chi connectivity index (χ1n) is 5.52. The molecule has 0 saturated heterocycles. The molecule has 90 valence electrons. The van der Waals surface area contributed by atoms with Gasteiger partial charge in [0.1, 0.15) is 0 Å². The normalized spacial score (nSPS) is 12.8. The van der Waals surface area contributed by atoms with Crippen LogP contribution in [-0.4, -0.2) is 29.5 Å². The molecule has 0 aliphatic carbocycles. The third-order valence-corrected chi connectivity index (χ3v) is 2.32. The lowest BCUT2D eigenvalue weighted by molar-refractivity contribution is 0.127. The van der Waals surface area contributed by atoms with Crippen LogP contribution in [-0.2, 0) is 4.74 Å². The molecule has 0 spiro atoms. The van der Waals surface area contributed by atoms with Gasteiger partial charge in [0.15, 0.2) is 0 Å². The maximum atomic E-state index is 11.1. The van der Waals surface area contributed by atoms with Crippen molar-refractivity contribution in [2.75, 3.05) is 18.5 Å². The number of H-pyrrole nitrogens is 1. The molecule has 1 unspecified atom stereocenters. The number of hydrogen-bond donors (Lipinski definition) is 2. The molecule has 0 amide bonds. The molecule has 5 heteroatoms. The van der Waals surface area contributed by atoms with Crippen LogP contribution in [0.1, 0.15) is 20.8 Å². The molecular formula is C11H19N3O2. The quantitative estimate of drug-likeness (QED) is 0.764. The maximum absolute atomic E-state index is 11.1. The van der Waals surface area contributed by atoms with Crippen molar-refractivity contribution in [3.05, 3.63) is 22.6 Å². The fourth-order valence-electron chi connectivity index (χ4n) is 1.31. The molecule has 1 aromatic rings. The Kier molecular flexibility index (Phi) is 4.98. The van der Waals surface area contributed by atoms with Gasteiger partial charge in [-0.05, 0) is 12.8 Å². The van der Waals surface area contributed by atoms with Gasteiger partial charge in [0, 0.05) is 12.7 Å². The van der Waals surface area contributed by atoms with Crippen LogP contribution in [0.2, 0.25) is 0 Å². The number of aromatic amines is 1. The highest BCUT2D eigenvalue weighted by Gasteiger charge is 2.13. The molecule has 0 fully saturated rings. The van der Waals surface area contributed by atoms with Crippen molar-refractivity contribution in [2.24, 2.45) is 5.92 Å². The zero-order valence-corrected chi connectivity index (χ0v) is 9.99. The van der Waals surface area contributed by atoms with E-state index in [0.717, 1.165) is 5.69 Å². The average molecular weight is 225 g/mol. The van der Waals surface area contributed by atoms with Crippen LogP contribution in [0.25, 0.3) is 0 Å². The minimum absolute atomic E-state index is 0.184. The van der Waals surface area contributed by atoms with Crippen molar-refractivity contribution >= 4 is 5.69 Å². The highest BCUT2D eigenvalue weighted by Crippen LogP contribution is 2.10. The molecule has 0 aliphatic rings. The summed E-state index contributed by atoms with van der Waals surface area (Å²) in [5.41, 5.74) is 0.520. The first kappa shape index (κ1) is 12.7. The largest absolute Gasteiger partial charge is 0.380 e. The van der Waals surface area contributed by atoms with Gasteiger partial charge < -0.3 is 10.1 Å². The molecule has 1 heterocycles. The van der Waals surface area contributed by atoms with Crippen LogP contribution in [0.3, 0.4) is 0 Å². The molecule has 16 heavy (non-hydrogen) atoms. The van der Waals surface area contributed by atoms with Gasteiger partial charge in [-0.2, -0.15) is 5.10 Å². The summed E-state index contributed by atoms with van der Waals surface area (Å²) < 4.78 is 5.39. The summed E-state index contributed by atoms with van der Waals surface area (Å²) in [4.78, 5) is 11.1. The van der Waals surface area contributed by atoms with Gasteiger partial charge in [0.2, 0.25) is 0 Å². The van der Waals surface area contributed by atoms with Crippen LogP contribution >= 0.6 is 0 Å². The van der Waals surface area contributed by atoms with Crippen LogP contribution in [0.15, 0.2) is 17.1 Å². The van der Waals surface area contributed by atoms with Gasteiger partial charge in [0.05, 0.1) is 24.5 Å². The molecule has 0 aromatic carbocycles. The Morgan fingerprint density at radius 1 is 1.56 bits per heavy atom. The molecule has 1 atom stereocenters. The van der Waals surface area contributed by atoms with Crippen molar-refractivity contribution in [3.63, 3.8) is 0 Å². The molecule has 2 N–H and O–H groups in total. The van der Waals surface area contributed by atoms with Gasteiger partial charge in [-0.1, -0.05) is 13.8 Å². The first-order chi connectivity index (χ1) is 7.63. The summed E-state index contributed by atoms with van der Waals surface area (Å²) in [5.74, 6) is 0.422. The monoisotopic (exact) mass is 225 g/mol. The molecule has 5 nitrogen and oxygen atoms in total. The predicted molar refractivity (Wildman–Crippen MR) is 63.6 cm³/mol. The number of aromatic nitrogens is 2. The van der Waals surface area contributed by atoms with Crippen molar-refractivity contribution in [1.82, 2.24) is 10.2 Å². The maximum Gasteiger partial charge on any atom is 0.266 e. The summed E-state index contributed by atoms with van der Waals surface area (Å²) in [6, 6.07) is 1.68. The van der Waals surface area contributed by atoms with Gasteiger partial charge >= 0.3 is 0 Å². The van der Waals surface area contributed by atoms with E-state index in [1.807, 2.05) is 6.92 Å². The number of anilines is 1. The van der Waals surface area contributed by atoms with Gasteiger partial charge in [-0.15, -0.1) is 0 Å². The first-order valence-corrected chi connectivity index (χ1v) is 5.52. The van der Waals surface area contributed by atoms with Crippen LogP contribution < -0.4 is 10.9 Å². The van der Waals surface area contributed by atoms with E-state index in [1.165, 1.54) is 6.07 Å². The van der Waals surface area contributed by atoms with Crippen LogP contribution in [0.5, 0.6) is 0 Å². The summed E-state index contributed by atoms with van der Waals surface area (Å²) in [5, 5.41) is 9.32. The van der Waals surface area contributed by atoms with Crippen molar-refractivity contribution in [3.8, 4) is 0 Å². The molecule has 0 saturated carbocycles. The summed E-state index contributed by atoms with van der Waals surface area (Å²) in [6.45, 7) is 7.50. The van der Waals surface area contributed by atoms with Crippen molar-refractivity contribution < 1.29 is 4.74 Å². The van der Waals surface area contributed by atoms with E-state index in [4.69, 9.17) is 4.74 Å². The SMILES string of the molecule is CCOCC(Nc1cn[nH]c(=O)c1)C(C)C. The molecule has 0 bridgehead atoms. The van der Waals surface area contributed by atoms with Crippen molar-refractivity contribution in [1.29, 1.82) is 0 Å². The van der Waals surface area contributed by atoms with Gasteiger partial charge in [-0.3, -0.25) is 4.79 Å². The topological polar surface area (TPSA) is 67.0 Å². The highest BCUT2D eigenvalue weighted by atomic mass is 16.5. The number of hydrogen-bond acceptors (Lipinski definition) is 4. The molecule has 1 rings (SSSR count). The third-order valence-electron chi connectivity index (χ3n) is 2.32. The van der Waals surface area contributed by atoms with E-state index in [2.05, 4.69) is 29.4 Å². The van der Waals surface area contributed by atoms with E-state index >= 15 is 0 Å². The van der Waals surface area contributed by atoms with Gasteiger partial charge in [0.25, 0.3) is 5.56 Å². The Morgan fingerprint density at radius 3 is 2.88 bits per heavy atom. The van der Waals surface area contributed by atoms with Crippen LogP contribution in [0, 0.1) is 5.92 Å². The zero-order valence-electron chi connectivity index (χ0n) is 9.99. The standard InChI is InChI=1S/C11H19N3O2/c1-4-16-7-10(8(2)3)13-9-5-11(15)14-12-6-9/h5-6,8,10H,4,7H2,1-3H3,(H2,13,14,15). The minimum Gasteiger partial charge on any atom is -0.380 e. The number of rotatable bonds is 6. The van der Waals surface area contributed by atoms with E-state index < -0.39 is 0 Å². The molecule has 0 radical (unpaired) electrons. The van der Waals surface area contributed by atoms with Crippen molar-refractivity contribution in [2.45, 2.75) is 26.8 Å². The summed E-state index contributed by atoms with van der Waals surface area (Å²) >= 11 is 0. The predicted octanol–water partition coefficient (Wildman–Crippen LogP) is 1.24. The molecule has 1 aromatic heterocycles. The van der Waals surface area contributed by atoms with E-state index in [1.54, 1.807) is 6.20 Å². The Balaban J connectivity index is 2.64. The fourth-order valence-corrected chi connectivity index (χ4v) is 1.31. The number of nitrogens with zero attached hydrogens (tertiary/aromatic N) is 1. The van der Waals surface area contributed by atoms with E-state index in [-0.39, 0.29) is 11.6 Å². The highest BCUT2D eigenvalue weighted by molar-refractivity contribution is 5.39. The molecule has 0 aliphatic heterocycles. The van der Waals surface area contributed by atoms with Gasteiger partial charge in [-0.25, -0.2) is 5.10 Å². The average Bonchev–Trinajstić information content (AvgIpc) is 2.24. The minimum atomic E-state index is -0.205. The lowest BCUT2D eigenvalue weighted by Crippen LogP contribution is -2.31.